The summed E-state index contributed by atoms with van der Waals surface area (Å²) in [7, 11) is -3.56. The molecule has 2 N–H and O–H groups in total. The quantitative estimate of drug-likeness (QED) is 0.784. The molecule has 0 bridgehead atoms. The van der Waals surface area contributed by atoms with Crippen molar-refractivity contribution >= 4 is 33.4 Å². The molecule has 0 unspecified atom stereocenters. The van der Waals surface area contributed by atoms with E-state index in [-0.39, 0.29) is 16.1 Å². The summed E-state index contributed by atoms with van der Waals surface area (Å²) in [6.45, 7) is 2.23. The third-order valence-electron chi connectivity index (χ3n) is 4.32. The van der Waals surface area contributed by atoms with Crippen molar-refractivity contribution in [1.82, 2.24) is 4.72 Å². The molecule has 0 saturated carbocycles. The molecule has 24 heavy (non-hydrogen) atoms. The molecule has 130 valence electrons. The summed E-state index contributed by atoms with van der Waals surface area (Å²) in [6.07, 6.45) is 7.58. The summed E-state index contributed by atoms with van der Waals surface area (Å²) < 4.78 is 27.6. The topological polar surface area (TPSA) is 75.3 Å². The van der Waals surface area contributed by atoms with E-state index in [9.17, 15) is 13.2 Å². The van der Waals surface area contributed by atoms with E-state index in [0.717, 1.165) is 24.2 Å². The lowest BCUT2D eigenvalue weighted by molar-refractivity contribution is -0.115. The number of allylic oxidation sites excluding steroid dienone is 1. The van der Waals surface area contributed by atoms with Gasteiger partial charge in [0.2, 0.25) is 15.9 Å². The second kappa shape index (κ2) is 7.29. The van der Waals surface area contributed by atoms with Gasteiger partial charge in [-0.3, -0.25) is 4.79 Å². The number of hydrogen-bond acceptors (Lipinski definition) is 4. The Bertz CT molecular complexity index is 772. The molecule has 0 radical (unpaired) electrons. The number of amides is 1. The summed E-state index contributed by atoms with van der Waals surface area (Å²) in [4.78, 5) is 12.8. The molecule has 2 aliphatic rings. The van der Waals surface area contributed by atoms with E-state index in [2.05, 4.69) is 16.1 Å². The van der Waals surface area contributed by atoms with E-state index in [1.165, 1.54) is 36.2 Å². The highest BCUT2D eigenvalue weighted by molar-refractivity contribution is 8.01. The van der Waals surface area contributed by atoms with Gasteiger partial charge in [-0.05, 0) is 57.2 Å². The average molecular weight is 367 g/mol. The monoisotopic (exact) mass is 366 g/mol. The van der Waals surface area contributed by atoms with Crippen LogP contribution in [0.4, 0.5) is 5.69 Å². The molecular weight excluding hydrogens is 344 g/mol. The molecule has 0 saturated heterocycles. The Morgan fingerprint density at radius 1 is 1.33 bits per heavy atom. The van der Waals surface area contributed by atoms with Crippen LogP contribution in [0.1, 0.15) is 39.0 Å². The number of nitrogens with one attached hydrogen (secondary N) is 2. The van der Waals surface area contributed by atoms with Gasteiger partial charge in [0.1, 0.15) is 0 Å². The van der Waals surface area contributed by atoms with Crippen molar-refractivity contribution in [1.29, 1.82) is 0 Å². The fourth-order valence-electron chi connectivity index (χ4n) is 2.92. The molecule has 0 spiro atoms. The van der Waals surface area contributed by atoms with E-state index in [1.54, 1.807) is 12.1 Å². The molecule has 1 aromatic carbocycles. The van der Waals surface area contributed by atoms with Gasteiger partial charge < -0.3 is 5.32 Å². The van der Waals surface area contributed by atoms with Crippen LogP contribution in [0.15, 0.2) is 39.6 Å². The predicted octanol–water partition coefficient (Wildman–Crippen LogP) is 3.29. The van der Waals surface area contributed by atoms with Crippen LogP contribution < -0.4 is 10.0 Å². The smallest absolute Gasteiger partial charge is 0.240 e. The van der Waals surface area contributed by atoms with Gasteiger partial charge in [0.05, 0.1) is 15.8 Å². The predicted molar refractivity (Wildman–Crippen MR) is 96.7 cm³/mol. The third kappa shape index (κ3) is 4.02. The van der Waals surface area contributed by atoms with Crippen molar-refractivity contribution in [3.63, 3.8) is 0 Å². The second-order valence-electron chi connectivity index (χ2n) is 6.16. The molecule has 1 aromatic rings. The summed E-state index contributed by atoms with van der Waals surface area (Å²) in [5.41, 5.74) is 1.91. The zero-order valence-electron chi connectivity index (χ0n) is 13.7. The molecule has 0 aromatic heterocycles. The molecule has 1 heterocycles. The Balaban J connectivity index is 1.67. The molecule has 1 aliphatic heterocycles. The van der Waals surface area contributed by atoms with Gasteiger partial charge in [-0.25, -0.2) is 13.1 Å². The van der Waals surface area contributed by atoms with Gasteiger partial charge in [0.25, 0.3) is 0 Å². The van der Waals surface area contributed by atoms with E-state index in [1.807, 2.05) is 6.92 Å². The largest absolute Gasteiger partial charge is 0.324 e. The molecule has 1 amide bonds. The number of anilines is 1. The number of fused-ring (bicyclic) bond motifs is 1. The fraction of sp³-hybridized carbons (Fsp3) is 0.471. The standard InChI is InChI=1S/C17H22N2O3S2/c1-12-17(20)19-15-11-14(7-8-16(15)23-12)24(21,22)18-10-9-13-5-3-2-4-6-13/h5,7-8,11-12,18H,2-4,6,9-10H2,1H3,(H,19,20)/t12-/m0/s1. The Labute approximate surface area is 147 Å². The molecule has 7 heteroatoms. The molecule has 1 atom stereocenters. The number of carbonyl (C=O) groups excluding carboxylic acids is 1. The van der Waals surface area contributed by atoms with Gasteiger partial charge in [-0.15, -0.1) is 11.8 Å². The van der Waals surface area contributed by atoms with Crippen molar-refractivity contribution in [2.24, 2.45) is 0 Å². The van der Waals surface area contributed by atoms with Gasteiger partial charge in [0, 0.05) is 11.4 Å². The first-order valence-electron chi connectivity index (χ1n) is 8.25. The lowest BCUT2D eigenvalue weighted by Crippen LogP contribution is -2.28. The van der Waals surface area contributed by atoms with Crippen LogP contribution in [0.3, 0.4) is 0 Å². The van der Waals surface area contributed by atoms with Crippen molar-refractivity contribution in [3.8, 4) is 0 Å². The Hall–Kier alpha value is -1.31. The fourth-order valence-corrected chi connectivity index (χ4v) is 4.90. The minimum Gasteiger partial charge on any atom is -0.324 e. The number of sulfonamides is 1. The first-order valence-corrected chi connectivity index (χ1v) is 10.6. The maximum Gasteiger partial charge on any atom is 0.240 e. The number of carbonyl (C=O) groups is 1. The van der Waals surface area contributed by atoms with Crippen LogP contribution in [0.5, 0.6) is 0 Å². The first kappa shape index (κ1) is 17.5. The Kier molecular flexibility index (Phi) is 5.32. The van der Waals surface area contributed by atoms with Crippen LogP contribution in [0, 0.1) is 0 Å². The molecule has 1 aliphatic carbocycles. The maximum absolute atomic E-state index is 12.5. The van der Waals surface area contributed by atoms with Crippen LogP contribution in [-0.4, -0.2) is 26.1 Å². The highest BCUT2D eigenvalue weighted by atomic mass is 32.2. The van der Waals surface area contributed by atoms with Gasteiger partial charge in [-0.2, -0.15) is 0 Å². The van der Waals surface area contributed by atoms with Crippen LogP contribution in [0.2, 0.25) is 0 Å². The highest BCUT2D eigenvalue weighted by Crippen LogP contribution is 2.36. The SMILES string of the molecule is C[C@@H]1Sc2ccc(S(=O)(=O)NCCC3=CCCCC3)cc2NC1=O. The molecule has 3 rings (SSSR count). The zero-order valence-corrected chi connectivity index (χ0v) is 15.3. The lowest BCUT2D eigenvalue weighted by atomic mass is 9.97. The summed E-state index contributed by atoms with van der Waals surface area (Å²) in [6, 6.07) is 4.89. The van der Waals surface area contributed by atoms with Gasteiger partial charge >= 0.3 is 0 Å². The minimum absolute atomic E-state index is 0.0979. The van der Waals surface area contributed by atoms with Crippen LogP contribution in [0.25, 0.3) is 0 Å². The third-order valence-corrected chi connectivity index (χ3v) is 6.95. The average Bonchev–Trinajstić information content (AvgIpc) is 2.56. The zero-order chi connectivity index (χ0) is 17.2. The molecular formula is C17H22N2O3S2. The van der Waals surface area contributed by atoms with Crippen LogP contribution >= 0.6 is 11.8 Å². The van der Waals surface area contributed by atoms with E-state index in [4.69, 9.17) is 0 Å². The van der Waals surface area contributed by atoms with E-state index >= 15 is 0 Å². The van der Waals surface area contributed by atoms with E-state index in [0.29, 0.717) is 12.2 Å². The highest BCUT2D eigenvalue weighted by Gasteiger charge is 2.25. The number of benzene rings is 1. The molecule has 5 nitrogen and oxygen atoms in total. The van der Waals surface area contributed by atoms with Crippen molar-refractivity contribution < 1.29 is 13.2 Å². The second-order valence-corrected chi connectivity index (χ2v) is 9.31. The number of thioether (sulfide) groups is 1. The normalized spacial score (nSPS) is 21.0. The number of rotatable bonds is 5. The van der Waals surface area contributed by atoms with Crippen LogP contribution in [-0.2, 0) is 14.8 Å². The summed E-state index contributed by atoms with van der Waals surface area (Å²) in [5.74, 6) is -0.0979. The lowest BCUT2D eigenvalue weighted by Gasteiger charge is -2.22. The number of hydrogen-bond donors (Lipinski definition) is 2. The van der Waals surface area contributed by atoms with Crippen molar-refractivity contribution in [2.45, 2.75) is 54.1 Å². The molecule has 0 fully saturated rings. The van der Waals surface area contributed by atoms with E-state index < -0.39 is 10.0 Å². The minimum atomic E-state index is -3.56. The van der Waals surface area contributed by atoms with Crippen molar-refractivity contribution in [2.75, 3.05) is 11.9 Å². The maximum atomic E-state index is 12.5. The Morgan fingerprint density at radius 3 is 2.92 bits per heavy atom. The Morgan fingerprint density at radius 2 is 2.17 bits per heavy atom. The summed E-state index contributed by atoms with van der Waals surface area (Å²) in [5, 5.41) is 2.60. The van der Waals surface area contributed by atoms with Gasteiger partial charge in [-0.1, -0.05) is 11.6 Å². The van der Waals surface area contributed by atoms with Crippen molar-refractivity contribution in [3.05, 3.63) is 29.8 Å². The first-order chi connectivity index (χ1) is 11.5. The summed E-state index contributed by atoms with van der Waals surface area (Å²) >= 11 is 1.44. The van der Waals surface area contributed by atoms with Gasteiger partial charge in [0.15, 0.2) is 0 Å².